The number of carbonyl (C=O) groups is 1. The molecule has 16 heteroatoms. The lowest BCUT2D eigenvalue weighted by Crippen LogP contribution is -2.35. The fourth-order valence-electron chi connectivity index (χ4n) is 5.98. The molecule has 0 saturated heterocycles. The summed E-state index contributed by atoms with van der Waals surface area (Å²) in [4.78, 5) is 56.0. The molecule has 1 aliphatic heterocycles. The van der Waals surface area contributed by atoms with Crippen LogP contribution in [0.15, 0.2) is 100 Å². The van der Waals surface area contributed by atoms with E-state index >= 15 is 0 Å². The van der Waals surface area contributed by atoms with Gasteiger partial charge in [-0.05, 0) is 43.2 Å². The summed E-state index contributed by atoms with van der Waals surface area (Å²) in [5, 5.41) is 24.8. The molecule has 0 saturated carbocycles. The zero-order valence-electron chi connectivity index (χ0n) is 30.0. The number of carbonyl (C=O) groups excluding carboxylic acids is 1. The van der Waals surface area contributed by atoms with Crippen LogP contribution in [0, 0.1) is 20.2 Å². The highest BCUT2D eigenvalue weighted by atomic mass is 32.1. The van der Waals surface area contributed by atoms with E-state index in [2.05, 4.69) is 0 Å². The molecule has 0 N–H and O–H groups in total. The van der Waals surface area contributed by atoms with Crippen molar-refractivity contribution in [2.75, 3.05) is 20.8 Å². The summed E-state index contributed by atoms with van der Waals surface area (Å²) in [6.45, 7) is 3.30. The molecule has 0 aliphatic carbocycles. The van der Waals surface area contributed by atoms with Gasteiger partial charge in [-0.25, -0.2) is 9.79 Å². The standard InChI is InChI=1S/C39H34N4O11S/c1-5-52-38(45)35-23(2)41-37(44)34(17-26-16-30(50-3)32(19-28(26)42(46)47)53-21-24-12-8-6-9-13-24)55-39(41)40-36(35)27-18-31(51-4)33(20-29(27)43(48)49)54-22-25-14-10-7-11-15-25/h6-20,36H,5,21-22H2,1-4H3/b34-17-/t36-/m1/s1. The van der Waals surface area contributed by atoms with Crippen molar-refractivity contribution in [3.05, 3.63) is 153 Å². The lowest BCUT2D eigenvalue weighted by molar-refractivity contribution is -0.385. The first kappa shape index (κ1) is 37.9. The molecule has 5 aromatic rings. The number of methoxy groups -OCH3 is 2. The van der Waals surface area contributed by atoms with Crippen molar-refractivity contribution >= 4 is 40.5 Å². The fraction of sp³-hybridized carbons (Fsp3) is 0.205. The number of ether oxygens (including phenoxy) is 5. The molecule has 0 fully saturated rings. The van der Waals surface area contributed by atoms with Crippen molar-refractivity contribution in [3.8, 4) is 23.0 Å². The second kappa shape index (κ2) is 16.5. The SMILES string of the molecule is CCOC(=O)C1=C(C)n2c(s/c(=C\c3cc(OC)c(OCc4ccccc4)cc3[N+](=O)[O-])c2=O)=N[C@@H]1c1cc(OC)c(OCc2ccccc2)cc1[N+](=O)[O-]. The number of nitro groups is 2. The molecule has 0 amide bonds. The minimum Gasteiger partial charge on any atom is -0.493 e. The third kappa shape index (κ3) is 7.94. The van der Waals surface area contributed by atoms with Crippen LogP contribution >= 0.6 is 11.3 Å². The van der Waals surface area contributed by atoms with E-state index in [1.54, 1.807) is 6.92 Å². The third-order valence-electron chi connectivity index (χ3n) is 8.61. The number of nitro benzene ring substituents is 2. The number of esters is 1. The Bertz CT molecular complexity index is 2500. The van der Waals surface area contributed by atoms with Crippen molar-refractivity contribution in [2.45, 2.75) is 33.1 Å². The number of aromatic nitrogens is 1. The maximum atomic E-state index is 14.0. The van der Waals surface area contributed by atoms with E-state index < -0.39 is 33.1 Å². The lowest BCUT2D eigenvalue weighted by atomic mass is 9.94. The van der Waals surface area contributed by atoms with Gasteiger partial charge in [0.15, 0.2) is 27.8 Å². The van der Waals surface area contributed by atoms with Gasteiger partial charge in [-0.15, -0.1) is 0 Å². The van der Waals surface area contributed by atoms with E-state index in [-0.39, 0.29) is 80.2 Å². The van der Waals surface area contributed by atoms with Crippen molar-refractivity contribution in [2.24, 2.45) is 4.99 Å². The van der Waals surface area contributed by atoms with Crippen molar-refractivity contribution in [1.82, 2.24) is 4.57 Å². The average molecular weight is 767 g/mol. The number of nitrogens with zero attached hydrogens (tertiary/aromatic N) is 4. The Labute approximate surface area is 317 Å². The van der Waals surface area contributed by atoms with Gasteiger partial charge >= 0.3 is 5.97 Å². The van der Waals surface area contributed by atoms with Crippen molar-refractivity contribution in [3.63, 3.8) is 0 Å². The monoisotopic (exact) mass is 766 g/mol. The quantitative estimate of drug-likeness (QED) is 0.0745. The Morgan fingerprint density at radius 3 is 1.91 bits per heavy atom. The summed E-state index contributed by atoms with van der Waals surface area (Å²) in [6.07, 6.45) is 1.33. The van der Waals surface area contributed by atoms with Crippen LogP contribution < -0.4 is 33.8 Å². The molecule has 0 bridgehead atoms. The summed E-state index contributed by atoms with van der Waals surface area (Å²) in [5.41, 5.74) is 0.289. The van der Waals surface area contributed by atoms with Crippen molar-refractivity contribution < 1.29 is 38.3 Å². The second-order valence-electron chi connectivity index (χ2n) is 12.0. The fourth-order valence-corrected chi connectivity index (χ4v) is 7.01. The molecule has 4 aromatic carbocycles. The van der Waals surface area contributed by atoms with E-state index in [0.29, 0.717) is 0 Å². The number of allylic oxidation sites excluding steroid dienone is 1. The zero-order chi connectivity index (χ0) is 39.2. The lowest BCUT2D eigenvalue weighted by Gasteiger charge is -2.23. The van der Waals surface area contributed by atoms with Gasteiger partial charge in [-0.3, -0.25) is 29.6 Å². The molecule has 0 radical (unpaired) electrons. The molecule has 1 aromatic heterocycles. The highest BCUT2D eigenvalue weighted by molar-refractivity contribution is 7.07. The number of thiazole rings is 1. The number of benzene rings is 4. The Balaban J connectivity index is 1.48. The molecule has 6 rings (SSSR count). The maximum Gasteiger partial charge on any atom is 0.338 e. The van der Waals surface area contributed by atoms with Crippen LogP contribution in [0.3, 0.4) is 0 Å². The molecule has 282 valence electrons. The van der Waals surface area contributed by atoms with Gasteiger partial charge < -0.3 is 23.7 Å². The van der Waals surface area contributed by atoms with Crippen LogP contribution in [-0.2, 0) is 22.7 Å². The van der Waals surface area contributed by atoms with Crippen LogP contribution in [0.4, 0.5) is 11.4 Å². The molecule has 0 spiro atoms. The predicted molar refractivity (Wildman–Crippen MR) is 202 cm³/mol. The van der Waals surface area contributed by atoms with E-state index in [0.717, 1.165) is 22.5 Å². The normalized spacial score (nSPS) is 13.7. The topological polar surface area (TPSA) is 184 Å². The average Bonchev–Trinajstić information content (AvgIpc) is 3.50. The second-order valence-corrected chi connectivity index (χ2v) is 13.0. The summed E-state index contributed by atoms with van der Waals surface area (Å²) in [5.74, 6) is -0.284. The largest absolute Gasteiger partial charge is 0.493 e. The Morgan fingerprint density at radius 1 is 0.836 bits per heavy atom. The van der Waals surface area contributed by atoms with Gasteiger partial charge in [-0.2, -0.15) is 0 Å². The molecule has 2 heterocycles. The Hall–Kier alpha value is -6.81. The summed E-state index contributed by atoms with van der Waals surface area (Å²) in [7, 11) is 2.76. The van der Waals surface area contributed by atoms with Crippen LogP contribution in [-0.4, -0.2) is 41.2 Å². The molecule has 0 unspecified atom stereocenters. The summed E-state index contributed by atoms with van der Waals surface area (Å²) < 4.78 is 29.4. The van der Waals surface area contributed by atoms with Gasteiger partial charge in [0.2, 0.25) is 0 Å². The summed E-state index contributed by atoms with van der Waals surface area (Å²) in [6, 6.07) is 22.3. The van der Waals surface area contributed by atoms with Gasteiger partial charge in [0.1, 0.15) is 19.3 Å². The number of hydrogen-bond acceptors (Lipinski definition) is 13. The highest BCUT2D eigenvalue weighted by Gasteiger charge is 2.36. The predicted octanol–water partition coefficient (Wildman–Crippen LogP) is 5.90. The van der Waals surface area contributed by atoms with Crippen molar-refractivity contribution in [1.29, 1.82) is 0 Å². The first-order chi connectivity index (χ1) is 26.5. The van der Waals surface area contributed by atoms with E-state index in [1.807, 2.05) is 60.7 Å². The summed E-state index contributed by atoms with van der Waals surface area (Å²) >= 11 is 0.886. The number of hydrogen-bond donors (Lipinski definition) is 0. The first-order valence-corrected chi connectivity index (χ1v) is 17.6. The molecule has 1 aliphatic rings. The van der Waals surface area contributed by atoms with Crippen LogP contribution in [0.25, 0.3) is 11.8 Å². The molecule has 1 atom stereocenters. The van der Waals surface area contributed by atoms with E-state index in [9.17, 15) is 29.8 Å². The number of fused-ring (bicyclic) bond motifs is 1. The minimum absolute atomic E-state index is 0.0135. The van der Waals surface area contributed by atoms with Crippen LogP contribution in [0.2, 0.25) is 0 Å². The van der Waals surface area contributed by atoms with E-state index in [4.69, 9.17) is 28.7 Å². The Kier molecular flexibility index (Phi) is 11.4. The van der Waals surface area contributed by atoms with Gasteiger partial charge in [-0.1, -0.05) is 72.0 Å². The molecule has 55 heavy (non-hydrogen) atoms. The maximum absolute atomic E-state index is 14.0. The molecule has 15 nitrogen and oxygen atoms in total. The number of rotatable bonds is 14. The first-order valence-electron chi connectivity index (χ1n) is 16.8. The minimum atomic E-state index is -1.31. The van der Waals surface area contributed by atoms with Gasteiger partial charge in [0.05, 0.1) is 64.0 Å². The molecular weight excluding hydrogens is 733 g/mol. The van der Waals surface area contributed by atoms with Crippen LogP contribution in [0.1, 0.15) is 42.1 Å². The third-order valence-corrected chi connectivity index (χ3v) is 9.60. The van der Waals surface area contributed by atoms with Gasteiger partial charge in [0, 0.05) is 5.70 Å². The molecular formula is C39H34N4O11S. The zero-order valence-corrected chi connectivity index (χ0v) is 30.9. The van der Waals surface area contributed by atoms with Gasteiger partial charge in [0.25, 0.3) is 16.9 Å². The highest BCUT2D eigenvalue weighted by Crippen LogP contribution is 2.43. The van der Waals surface area contributed by atoms with E-state index in [1.165, 1.54) is 56.1 Å². The smallest absolute Gasteiger partial charge is 0.338 e. The Morgan fingerprint density at radius 2 is 1.38 bits per heavy atom. The van der Waals surface area contributed by atoms with Crippen LogP contribution in [0.5, 0.6) is 23.0 Å².